The van der Waals surface area contributed by atoms with Crippen molar-refractivity contribution in [1.82, 2.24) is 0 Å². The lowest BCUT2D eigenvalue weighted by Gasteiger charge is -2.12. The van der Waals surface area contributed by atoms with Gasteiger partial charge in [0.25, 0.3) is 0 Å². The van der Waals surface area contributed by atoms with E-state index in [0.29, 0.717) is 10.1 Å². The van der Waals surface area contributed by atoms with Crippen LogP contribution in [0.2, 0.25) is 9.36 Å². The number of halogens is 2. The zero-order valence-electron chi connectivity index (χ0n) is 10.4. The minimum atomic E-state index is -1.08. The molecule has 0 spiro atoms. The van der Waals surface area contributed by atoms with Crippen LogP contribution in [0, 0.1) is 0 Å². The summed E-state index contributed by atoms with van der Waals surface area (Å²) in [7, 11) is 1.42. The van der Waals surface area contributed by atoms with Crippen molar-refractivity contribution in [2.45, 2.75) is 6.61 Å². The van der Waals surface area contributed by atoms with Gasteiger partial charge >= 0.3 is 5.97 Å². The van der Waals surface area contributed by atoms with Gasteiger partial charge in [-0.05, 0) is 24.3 Å². The molecule has 2 aromatic rings. The number of carboxylic acids is 1. The molecule has 0 saturated carbocycles. The molecule has 0 saturated heterocycles. The van der Waals surface area contributed by atoms with Gasteiger partial charge in [-0.3, -0.25) is 0 Å². The third-order valence-electron chi connectivity index (χ3n) is 2.46. The molecule has 0 amide bonds. The van der Waals surface area contributed by atoms with E-state index in [1.165, 1.54) is 30.6 Å². The number of ether oxygens (including phenoxy) is 2. The van der Waals surface area contributed by atoms with Gasteiger partial charge < -0.3 is 14.6 Å². The number of carbonyl (C=O) groups is 1. The van der Waals surface area contributed by atoms with Crippen molar-refractivity contribution < 1.29 is 19.4 Å². The van der Waals surface area contributed by atoms with E-state index in [4.69, 9.17) is 37.8 Å². The highest BCUT2D eigenvalue weighted by molar-refractivity contribution is 7.16. The van der Waals surface area contributed by atoms with Crippen LogP contribution in [0.15, 0.2) is 24.3 Å². The zero-order valence-corrected chi connectivity index (χ0v) is 12.7. The molecule has 20 heavy (non-hydrogen) atoms. The Morgan fingerprint density at radius 3 is 2.65 bits per heavy atom. The Bertz CT molecular complexity index is 639. The van der Waals surface area contributed by atoms with E-state index in [-0.39, 0.29) is 22.9 Å². The van der Waals surface area contributed by atoms with Crippen LogP contribution in [0.3, 0.4) is 0 Å². The number of thiophene rings is 1. The predicted octanol–water partition coefficient (Wildman–Crippen LogP) is 4.34. The number of rotatable bonds is 5. The summed E-state index contributed by atoms with van der Waals surface area (Å²) in [6, 6.07) is 6.31. The van der Waals surface area contributed by atoms with Gasteiger partial charge in [-0.15, -0.1) is 11.3 Å². The van der Waals surface area contributed by atoms with Gasteiger partial charge in [-0.1, -0.05) is 23.2 Å². The van der Waals surface area contributed by atoms with Crippen LogP contribution in [0.4, 0.5) is 0 Å². The van der Waals surface area contributed by atoms with Gasteiger partial charge in [-0.2, -0.15) is 0 Å². The maximum absolute atomic E-state index is 10.9. The fraction of sp³-hybridized carbons (Fsp3) is 0.154. The molecule has 1 heterocycles. The standard InChI is InChI=1S/C13H10Cl2O4S/c1-18-10-5-7(13(16)17)4-9(14)12(10)19-6-8-2-3-11(15)20-8/h2-5H,6H2,1H3,(H,16,17). The maximum Gasteiger partial charge on any atom is 0.335 e. The highest BCUT2D eigenvalue weighted by atomic mass is 35.5. The summed E-state index contributed by atoms with van der Waals surface area (Å²) >= 11 is 13.3. The Hall–Kier alpha value is -1.43. The Kier molecular flexibility index (Phi) is 4.75. The highest BCUT2D eigenvalue weighted by Crippen LogP contribution is 2.37. The van der Waals surface area contributed by atoms with Crippen LogP contribution in [-0.4, -0.2) is 18.2 Å². The fourth-order valence-corrected chi connectivity index (χ4v) is 2.82. The maximum atomic E-state index is 10.9. The molecule has 1 N–H and O–H groups in total. The van der Waals surface area contributed by atoms with Crippen LogP contribution < -0.4 is 9.47 Å². The molecule has 0 fully saturated rings. The first kappa shape index (κ1) is 15.0. The third kappa shape index (κ3) is 3.36. The molecule has 7 heteroatoms. The number of methoxy groups -OCH3 is 1. The first-order valence-electron chi connectivity index (χ1n) is 5.49. The van der Waals surface area contributed by atoms with E-state index in [2.05, 4.69) is 0 Å². The minimum Gasteiger partial charge on any atom is -0.493 e. The van der Waals surface area contributed by atoms with E-state index < -0.39 is 5.97 Å². The molecule has 4 nitrogen and oxygen atoms in total. The Morgan fingerprint density at radius 1 is 1.35 bits per heavy atom. The normalized spacial score (nSPS) is 10.3. The molecule has 1 aromatic carbocycles. The summed E-state index contributed by atoms with van der Waals surface area (Å²) in [6.45, 7) is 0.278. The predicted molar refractivity (Wildman–Crippen MR) is 78.6 cm³/mol. The Morgan fingerprint density at radius 2 is 2.10 bits per heavy atom. The summed E-state index contributed by atoms with van der Waals surface area (Å²) < 4.78 is 11.4. The first-order valence-corrected chi connectivity index (χ1v) is 7.06. The average molecular weight is 333 g/mol. The van der Waals surface area contributed by atoms with Gasteiger partial charge in [-0.25, -0.2) is 4.79 Å². The molecule has 0 aliphatic rings. The van der Waals surface area contributed by atoms with Crippen molar-refractivity contribution in [3.05, 3.63) is 44.1 Å². The second-order valence-electron chi connectivity index (χ2n) is 3.79. The van der Waals surface area contributed by atoms with E-state index in [0.717, 1.165) is 4.88 Å². The second kappa shape index (κ2) is 6.35. The summed E-state index contributed by atoms with van der Waals surface area (Å²) in [6.07, 6.45) is 0. The monoisotopic (exact) mass is 332 g/mol. The van der Waals surface area contributed by atoms with Crippen molar-refractivity contribution in [1.29, 1.82) is 0 Å². The lowest BCUT2D eigenvalue weighted by atomic mass is 10.2. The van der Waals surface area contributed by atoms with Crippen molar-refractivity contribution in [3.63, 3.8) is 0 Å². The molecule has 1 aromatic heterocycles. The topological polar surface area (TPSA) is 55.8 Å². The lowest BCUT2D eigenvalue weighted by Crippen LogP contribution is -2.01. The van der Waals surface area contributed by atoms with E-state index in [9.17, 15) is 4.79 Å². The molecule has 0 unspecified atom stereocenters. The fourth-order valence-electron chi connectivity index (χ4n) is 1.56. The number of aromatic carboxylic acids is 1. The van der Waals surface area contributed by atoms with Crippen LogP contribution in [-0.2, 0) is 6.61 Å². The van der Waals surface area contributed by atoms with Crippen molar-refractivity contribution >= 4 is 40.5 Å². The number of hydrogen-bond donors (Lipinski definition) is 1. The average Bonchev–Trinajstić information content (AvgIpc) is 2.82. The molecular formula is C13H10Cl2O4S. The van der Waals surface area contributed by atoms with Crippen LogP contribution in [0.1, 0.15) is 15.2 Å². The third-order valence-corrected chi connectivity index (χ3v) is 3.95. The Balaban J connectivity index is 2.24. The van der Waals surface area contributed by atoms with E-state index in [1.807, 2.05) is 6.07 Å². The molecule has 0 aliphatic heterocycles. The molecule has 0 radical (unpaired) electrons. The summed E-state index contributed by atoms with van der Waals surface area (Å²) in [4.78, 5) is 11.9. The summed E-state index contributed by atoms with van der Waals surface area (Å²) in [5.74, 6) is -0.497. The van der Waals surface area contributed by atoms with Gasteiger partial charge in [0.05, 0.1) is 22.0 Å². The van der Waals surface area contributed by atoms with E-state index >= 15 is 0 Å². The smallest absolute Gasteiger partial charge is 0.335 e. The Labute approximate surface area is 129 Å². The largest absolute Gasteiger partial charge is 0.493 e. The molecule has 0 aliphatic carbocycles. The van der Waals surface area contributed by atoms with Crippen LogP contribution in [0.5, 0.6) is 11.5 Å². The summed E-state index contributed by atoms with van der Waals surface area (Å²) in [5.41, 5.74) is 0.0402. The molecule has 0 atom stereocenters. The lowest BCUT2D eigenvalue weighted by molar-refractivity contribution is 0.0696. The van der Waals surface area contributed by atoms with Gasteiger partial charge in [0.15, 0.2) is 11.5 Å². The van der Waals surface area contributed by atoms with Crippen LogP contribution in [0.25, 0.3) is 0 Å². The SMILES string of the molecule is COc1cc(C(=O)O)cc(Cl)c1OCc1ccc(Cl)s1. The second-order valence-corrected chi connectivity index (χ2v) is 6.00. The van der Waals surface area contributed by atoms with Crippen molar-refractivity contribution in [3.8, 4) is 11.5 Å². The highest BCUT2D eigenvalue weighted by Gasteiger charge is 2.15. The van der Waals surface area contributed by atoms with Gasteiger partial charge in [0.1, 0.15) is 6.61 Å². The number of benzene rings is 1. The number of hydrogen-bond acceptors (Lipinski definition) is 4. The minimum absolute atomic E-state index is 0.0402. The number of carboxylic acid groups (broad SMARTS) is 1. The summed E-state index contributed by atoms with van der Waals surface area (Å²) in [5, 5.41) is 9.15. The van der Waals surface area contributed by atoms with Crippen LogP contribution >= 0.6 is 34.5 Å². The zero-order chi connectivity index (χ0) is 14.7. The first-order chi connectivity index (χ1) is 9.51. The molecule has 106 valence electrons. The molecular weight excluding hydrogens is 323 g/mol. The van der Waals surface area contributed by atoms with Crippen molar-refractivity contribution in [2.75, 3.05) is 7.11 Å². The van der Waals surface area contributed by atoms with Gasteiger partial charge in [0, 0.05) is 4.88 Å². The molecule has 0 bridgehead atoms. The molecule has 2 rings (SSSR count). The quantitative estimate of drug-likeness (QED) is 0.884. The van der Waals surface area contributed by atoms with Crippen molar-refractivity contribution in [2.24, 2.45) is 0 Å². The van der Waals surface area contributed by atoms with E-state index in [1.54, 1.807) is 6.07 Å². The van der Waals surface area contributed by atoms with Gasteiger partial charge in [0.2, 0.25) is 0 Å².